The van der Waals surface area contributed by atoms with E-state index in [0.29, 0.717) is 12.1 Å². The zero-order valence-corrected chi connectivity index (χ0v) is 21.4. The number of carbonyl (C=O) groups excluding carboxylic acids is 3. The number of halogens is 1. The van der Waals surface area contributed by atoms with Gasteiger partial charge in [-0.25, -0.2) is 0 Å². The number of hydrogen-bond acceptors (Lipinski definition) is 8. The van der Waals surface area contributed by atoms with E-state index in [-0.39, 0.29) is 40.2 Å². The Kier molecular flexibility index (Phi) is 8.44. The van der Waals surface area contributed by atoms with E-state index >= 15 is 0 Å². The number of nitrogens with one attached hydrogen (secondary N) is 1. The van der Waals surface area contributed by atoms with Crippen molar-refractivity contribution in [3.63, 3.8) is 0 Å². The van der Waals surface area contributed by atoms with Crippen molar-refractivity contribution in [3.8, 4) is 5.75 Å². The Balaban J connectivity index is 2.70. The highest BCUT2D eigenvalue weighted by molar-refractivity contribution is 14.1. The third-order valence-corrected chi connectivity index (χ3v) is 6.48. The molecule has 0 saturated carbocycles. The molecule has 0 fully saturated rings. The maximum absolute atomic E-state index is 13.0. The topological polar surface area (TPSA) is 141 Å². The number of ketones is 1. The van der Waals surface area contributed by atoms with E-state index in [9.17, 15) is 27.6 Å². The molecule has 1 aromatic rings. The van der Waals surface area contributed by atoms with Gasteiger partial charge in [0.25, 0.3) is 10.1 Å². The summed E-state index contributed by atoms with van der Waals surface area (Å²) in [7, 11) is 0.323. The molecule has 2 heterocycles. The summed E-state index contributed by atoms with van der Waals surface area (Å²) < 4.78 is 35.1. The average Bonchev–Trinajstić information content (AvgIpc) is 3.05. The van der Waals surface area contributed by atoms with Crippen LogP contribution in [0.1, 0.15) is 54.5 Å². The molecule has 0 spiro atoms. The number of Topliss-reactive ketones (excluding diaryl/α,β-unsaturated/α-hetero) is 1. The number of pyridine rings is 1. The number of hydrogen-bond donors (Lipinski definition) is 1. The molecule has 2 rings (SSSR count). The van der Waals surface area contributed by atoms with Crippen LogP contribution in [0, 0.1) is 3.57 Å². The predicted octanol–water partition coefficient (Wildman–Crippen LogP) is 0.611. The number of fused-ring (bicyclic) bond motifs is 1. The van der Waals surface area contributed by atoms with Crippen molar-refractivity contribution in [3.05, 3.63) is 25.2 Å². The molecular weight excluding hydrogens is 557 g/mol. The van der Waals surface area contributed by atoms with Gasteiger partial charge in [-0.05, 0) is 35.4 Å². The van der Waals surface area contributed by atoms with Crippen molar-refractivity contribution in [1.29, 1.82) is 0 Å². The Hall–Kier alpha value is -2.00. The van der Waals surface area contributed by atoms with E-state index in [0.717, 1.165) is 11.2 Å². The van der Waals surface area contributed by atoms with Gasteiger partial charge in [0, 0.05) is 20.5 Å². The van der Waals surface area contributed by atoms with Crippen LogP contribution in [0.4, 0.5) is 0 Å². The second kappa shape index (κ2) is 10.3. The van der Waals surface area contributed by atoms with Crippen LogP contribution in [0.3, 0.4) is 0 Å². The molecule has 11 nitrogen and oxygen atoms in total. The van der Waals surface area contributed by atoms with Gasteiger partial charge in [-0.1, -0.05) is 6.92 Å². The van der Waals surface area contributed by atoms with Crippen molar-refractivity contribution in [2.24, 2.45) is 0 Å². The molecule has 1 unspecified atom stereocenters. The molecule has 1 aliphatic rings. The lowest BCUT2D eigenvalue weighted by Crippen LogP contribution is -2.41. The second-order valence-corrected chi connectivity index (χ2v) is 10.3. The molecule has 13 heteroatoms. The first-order chi connectivity index (χ1) is 14.8. The molecule has 0 aliphatic carbocycles. The maximum atomic E-state index is 13.0. The number of methoxy groups -OCH3 is 1. The number of carbonyl (C=O) groups is 3. The van der Waals surface area contributed by atoms with Crippen LogP contribution in [-0.2, 0) is 23.9 Å². The Bertz CT molecular complexity index is 1100. The summed E-state index contributed by atoms with van der Waals surface area (Å²) in [5, 5.41) is 2.60. The summed E-state index contributed by atoms with van der Waals surface area (Å²) in [6.07, 6.45) is 1.65. The van der Waals surface area contributed by atoms with Crippen LogP contribution in [0.5, 0.6) is 5.75 Å². The van der Waals surface area contributed by atoms with E-state index < -0.39 is 39.4 Å². The van der Waals surface area contributed by atoms with Crippen LogP contribution in [0.2, 0.25) is 0 Å². The summed E-state index contributed by atoms with van der Waals surface area (Å²) in [5.74, 6) is -2.20. The lowest BCUT2D eigenvalue weighted by Gasteiger charge is -2.22. The first kappa shape index (κ1) is 26.3. The zero-order chi connectivity index (χ0) is 24.4. The fourth-order valence-electron chi connectivity index (χ4n) is 3.54. The summed E-state index contributed by atoms with van der Waals surface area (Å²) in [6, 6.07) is -1.53. The van der Waals surface area contributed by atoms with Gasteiger partial charge in [-0.15, -0.1) is 0 Å². The van der Waals surface area contributed by atoms with Gasteiger partial charge in [0.15, 0.2) is 11.5 Å². The number of rotatable bonds is 8. The first-order valence-corrected chi connectivity index (χ1v) is 12.6. The minimum absolute atomic E-state index is 0.00690. The van der Waals surface area contributed by atoms with Gasteiger partial charge in [0.05, 0.1) is 41.3 Å². The normalized spacial score (nSPS) is 17.6. The first-order valence-electron chi connectivity index (χ1n) is 9.75. The molecule has 1 N–H and O–H groups in total. The van der Waals surface area contributed by atoms with Crippen LogP contribution < -0.4 is 15.5 Å². The SMILES string of the molecule is CCCC(=O)c1c(OC)c(=O)c(I)c2n1[C@H](COS(C)(=O)=O)CC2NC(=O)C(=O)N(C)C. The van der Waals surface area contributed by atoms with E-state index in [1.54, 1.807) is 29.5 Å². The zero-order valence-electron chi connectivity index (χ0n) is 18.4. The Morgan fingerprint density at radius 1 is 1.28 bits per heavy atom. The van der Waals surface area contributed by atoms with Crippen LogP contribution >= 0.6 is 22.6 Å². The summed E-state index contributed by atoms with van der Waals surface area (Å²) in [4.78, 5) is 51.5. The van der Waals surface area contributed by atoms with Crippen LogP contribution in [0.25, 0.3) is 0 Å². The number of aromatic nitrogens is 1. The highest BCUT2D eigenvalue weighted by atomic mass is 127. The molecule has 32 heavy (non-hydrogen) atoms. The van der Waals surface area contributed by atoms with Crippen LogP contribution in [0.15, 0.2) is 4.79 Å². The van der Waals surface area contributed by atoms with E-state index in [1.165, 1.54) is 25.8 Å². The fourth-order valence-corrected chi connectivity index (χ4v) is 4.82. The molecule has 2 amide bonds. The van der Waals surface area contributed by atoms with Gasteiger partial charge >= 0.3 is 11.8 Å². The molecule has 1 aromatic heterocycles. The number of amides is 2. The molecule has 0 saturated heterocycles. The fraction of sp³-hybridized carbons (Fsp3) is 0.579. The minimum Gasteiger partial charge on any atom is -0.491 e. The molecule has 0 bridgehead atoms. The Labute approximate surface area is 199 Å². The van der Waals surface area contributed by atoms with E-state index in [4.69, 9.17) is 8.92 Å². The van der Waals surface area contributed by atoms with E-state index in [1.807, 2.05) is 0 Å². The molecule has 1 aliphatic heterocycles. The smallest absolute Gasteiger partial charge is 0.311 e. The van der Waals surface area contributed by atoms with Gasteiger partial charge in [-0.2, -0.15) is 8.42 Å². The second-order valence-electron chi connectivity index (χ2n) is 7.56. The number of likely N-dealkylation sites (N-methyl/N-ethyl adjacent to an activating group) is 1. The molecular formula is C19H26IN3O8S. The van der Waals surface area contributed by atoms with E-state index in [2.05, 4.69) is 5.32 Å². The quantitative estimate of drug-likeness (QED) is 0.203. The van der Waals surface area contributed by atoms with Gasteiger partial charge in [-0.3, -0.25) is 23.4 Å². The standard InChI is InChI=1S/C19H26IN3O8S/c1-6-7-12(24)15-17(30-4)16(25)13(20)14-11(21-18(26)19(27)22(2)3)8-10(23(14)15)9-31-32(5,28)29/h10-11H,6-9H2,1-5H3,(H,21,26)/t10-,11?/m0/s1. The van der Waals surface area contributed by atoms with Gasteiger partial charge < -0.3 is 19.5 Å². The summed E-state index contributed by atoms with van der Waals surface area (Å²) >= 11 is 1.80. The molecule has 0 radical (unpaired) electrons. The monoisotopic (exact) mass is 583 g/mol. The van der Waals surface area contributed by atoms with Crippen molar-refractivity contribution in [2.75, 3.05) is 34.1 Å². The van der Waals surface area contributed by atoms with Gasteiger partial charge in [0.2, 0.25) is 5.43 Å². The summed E-state index contributed by atoms with van der Waals surface area (Å²) in [6.45, 7) is 1.48. The van der Waals surface area contributed by atoms with Crippen molar-refractivity contribution < 1.29 is 31.7 Å². The maximum Gasteiger partial charge on any atom is 0.311 e. The van der Waals surface area contributed by atoms with Gasteiger partial charge in [0.1, 0.15) is 5.69 Å². The predicted molar refractivity (Wildman–Crippen MR) is 123 cm³/mol. The third-order valence-electron chi connectivity index (χ3n) is 4.87. The highest BCUT2D eigenvalue weighted by Gasteiger charge is 2.40. The minimum atomic E-state index is -3.80. The number of nitrogens with zero attached hydrogens (tertiary/aromatic N) is 2. The largest absolute Gasteiger partial charge is 0.491 e. The van der Waals surface area contributed by atoms with Crippen LogP contribution in [-0.4, -0.2) is 69.6 Å². The highest BCUT2D eigenvalue weighted by Crippen LogP contribution is 2.40. The van der Waals surface area contributed by atoms with Crippen molar-refractivity contribution in [1.82, 2.24) is 14.8 Å². The molecule has 2 atom stereocenters. The van der Waals surface area contributed by atoms with Crippen molar-refractivity contribution >= 4 is 50.3 Å². The number of ether oxygens (including phenoxy) is 1. The summed E-state index contributed by atoms with van der Waals surface area (Å²) in [5.41, 5.74) is -0.230. The molecule has 0 aromatic carbocycles. The van der Waals surface area contributed by atoms with Crippen molar-refractivity contribution in [2.45, 2.75) is 38.3 Å². The average molecular weight is 583 g/mol. The Morgan fingerprint density at radius 2 is 1.91 bits per heavy atom. The molecule has 178 valence electrons. The third kappa shape index (κ3) is 5.49. The lowest BCUT2D eigenvalue weighted by atomic mass is 10.1. The lowest BCUT2D eigenvalue weighted by molar-refractivity contribution is -0.144. The Morgan fingerprint density at radius 3 is 2.41 bits per heavy atom.